The molecule has 4 nitrogen and oxygen atoms in total. The standard InChI is InChI=1S/C22H24N4S/c1-15(2)26-21(20(24-22(26)27)18-10-4-5-12-23-18)19-11-7-13-25(19)17-9-6-8-16(3)14-17/h4-15,20-21H,1-3H3,(H,24,27)/t20-,21-/m1/s1. The van der Waals surface area contributed by atoms with Crippen LogP contribution in [0, 0.1) is 6.92 Å². The van der Waals surface area contributed by atoms with Crippen LogP contribution in [0.25, 0.3) is 5.69 Å². The molecule has 1 N–H and O–H groups in total. The maximum atomic E-state index is 5.70. The average Bonchev–Trinajstić information content (AvgIpc) is 3.26. The van der Waals surface area contributed by atoms with Crippen molar-refractivity contribution in [3.63, 3.8) is 0 Å². The van der Waals surface area contributed by atoms with E-state index in [1.807, 2.05) is 18.3 Å². The Kier molecular flexibility index (Phi) is 4.70. The molecule has 2 aromatic heterocycles. The molecule has 0 spiro atoms. The summed E-state index contributed by atoms with van der Waals surface area (Å²) in [5, 5.41) is 4.29. The lowest BCUT2D eigenvalue weighted by molar-refractivity contribution is 0.262. The van der Waals surface area contributed by atoms with Gasteiger partial charge in [-0.1, -0.05) is 18.2 Å². The van der Waals surface area contributed by atoms with Gasteiger partial charge in [-0.15, -0.1) is 0 Å². The van der Waals surface area contributed by atoms with Gasteiger partial charge in [0.1, 0.15) is 0 Å². The van der Waals surface area contributed by atoms with Gasteiger partial charge in [0.2, 0.25) is 0 Å². The molecule has 138 valence electrons. The van der Waals surface area contributed by atoms with E-state index in [-0.39, 0.29) is 18.1 Å². The van der Waals surface area contributed by atoms with Crippen molar-refractivity contribution < 1.29 is 0 Å². The van der Waals surface area contributed by atoms with Crippen LogP contribution in [0.15, 0.2) is 67.0 Å². The maximum absolute atomic E-state index is 5.70. The minimum atomic E-state index is 0.0135. The first-order chi connectivity index (χ1) is 13.1. The van der Waals surface area contributed by atoms with Gasteiger partial charge >= 0.3 is 0 Å². The van der Waals surface area contributed by atoms with Crippen LogP contribution in [-0.4, -0.2) is 25.6 Å². The number of hydrogen-bond acceptors (Lipinski definition) is 2. The first-order valence-corrected chi connectivity index (χ1v) is 9.71. The van der Waals surface area contributed by atoms with Gasteiger partial charge in [0.05, 0.1) is 17.8 Å². The van der Waals surface area contributed by atoms with Crippen molar-refractivity contribution in [3.8, 4) is 5.69 Å². The number of thiocarbonyl (C=S) groups is 1. The molecule has 0 unspecified atom stereocenters. The Morgan fingerprint density at radius 3 is 2.63 bits per heavy atom. The predicted molar refractivity (Wildman–Crippen MR) is 113 cm³/mol. The van der Waals surface area contributed by atoms with Crippen LogP contribution in [0.3, 0.4) is 0 Å². The Labute approximate surface area is 165 Å². The third-order valence-electron chi connectivity index (χ3n) is 5.05. The number of pyridine rings is 1. The maximum Gasteiger partial charge on any atom is 0.170 e. The quantitative estimate of drug-likeness (QED) is 0.677. The van der Waals surface area contributed by atoms with E-state index in [1.165, 1.54) is 11.3 Å². The molecule has 5 heteroatoms. The molecule has 0 radical (unpaired) electrons. The fourth-order valence-corrected chi connectivity index (χ4v) is 4.34. The largest absolute Gasteiger partial charge is 0.352 e. The van der Waals surface area contributed by atoms with Crippen molar-refractivity contribution in [3.05, 3.63) is 83.9 Å². The Morgan fingerprint density at radius 2 is 1.93 bits per heavy atom. The van der Waals surface area contributed by atoms with E-state index in [0.717, 1.165) is 16.5 Å². The molecule has 1 aliphatic rings. The van der Waals surface area contributed by atoms with Crippen LogP contribution in [0.5, 0.6) is 0 Å². The SMILES string of the molecule is Cc1cccc(-n2cccc2[C@@H]2[C@@H](c3ccccn3)NC(=S)N2C(C)C)c1. The highest BCUT2D eigenvalue weighted by Gasteiger charge is 2.42. The number of nitrogens with one attached hydrogen (secondary N) is 1. The summed E-state index contributed by atoms with van der Waals surface area (Å²) in [4.78, 5) is 6.90. The molecule has 3 heterocycles. The molecule has 0 aliphatic carbocycles. The number of benzene rings is 1. The van der Waals surface area contributed by atoms with E-state index < -0.39 is 0 Å². The van der Waals surface area contributed by atoms with Gasteiger partial charge in [-0.2, -0.15) is 0 Å². The zero-order valence-electron chi connectivity index (χ0n) is 15.8. The van der Waals surface area contributed by atoms with Crippen LogP contribution >= 0.6 is 12.2 Å². The molecule has 0 saturated carbocycles. The molecule has 1 aromatic carbocycles. The molecule has 2 atom stereocenters. The van der Waals surface area contributed by atoms with Crippen molar-refractivity contribution in [1.82, 2.24) is 19.8 Å². The minimum absolute atomic E-state index is 0.0135. The predicted octanol–water partition coefficient (Wildman–Crippen LogP) is 4.56. The lowest BCUT2D eigenvalue weighted by atomic mass is 10.0. The van der Waals surface area contributed by atoms with E-state index in [1.54, 1.807) is 0 Å². The Hall–Kier alpha value is -2.66. The molecular formula is C22H24N4S. The molecule has 0 bridgehead atoms. The van der Waals surface area contributed by atoms with Gasteiger partial charge < -0.3 is 14.8 Å². The van der Waals surface area contributed by atoms with Crippen LogP contribution in [0.2, 0.25) is 0 Å². The minimum Gasteiger partial charge on any atom is -0.352 e. The summed E-state index contributed by atoms with van der Waals surface area (Å²) >= 11 is 5.70. The fraction of sp³-hybridized carbons (Fsp3) is 0.273. The zero-order valence-corrected chi connectivity index (χ0v) is 16.6. The second-order valence-corrected chi connectivity index (χ2v) is 7.66. The first-order valence-electron chi connectivity index (χ1n) is 9.30. The van der Waals surface area contributed by atoms with Gasteiger partial charge in [0.15, 0.2) is 5.11 Å². The van der Waals surface area contributed by atoms with Gasteiger partial charge in [0.25, 0.3) is 0 Å². The summed E-state index contributed by atoms with van der Waals surface area (Å²) in [5.41, 5.74) is 4.62. The normalized spacial score (nSPS) is 19.6. The van der Waals surface area contributed by atoms with Crippen molar-refractivity contribution in [1.29, 1.82) is 0 Å². The van der Waals surface area contributed by atoms with E-state index in [2.05, 4.69) is 89.2 Å². The van der Waals surface area contributed by atoms with E-state index >= 15 is 0 Å². The van der Waals surface area contributed by atoms with E-state index in [9.17, 15) is 0 Å². The van der Waals surface area contributed by atoms with Crippen molar-refractivity contribution in [2.45, 2.75) is 38.9 Å². The summed E-state index contributed by atoms with van der Waals surface area (Å²) in [7, 11) is 0. The van der Waals surface area contributed by atoms with Crippen molar-refractivity contribution in [2.24, 2.45) is 0 Å². The lowest BCUT2D eigenvalue weighted by Gasteiger charge is -2.31. The summed E-state index contributed by atoms with van der Waals surface area (Å²) < 4.78 is 2.26. The molecule has 27 heavy (non-hydrogen) atoms. The third kappa shape index (κ3) is 3.23. The Bertz CT molecular complexity index is 948. The number of rotatable bonds is 4. The van der Waals surface area contributed by atoms with Gasteiger partial charge in [0, 0.05) is 29.8 Å². The van der Waals surface area contributed by atoms with Gasteiger partial charge in [-0.25, -0.2) is 0 Å². The molecule has 0 amide bonds. The third-order valence-corrected chi connectivity index (χ3v) is 5.38. The van der Waals surface area contributed by atoms with Crippen LogP contribution < -0.4 is 5.32 Å². The summed E-state index contributed by atoms with van der Waals surface area (Å²) in [5.74, 6) is 0. The number of aromatic nitrogens is 2. The Morgan fingerprint density at radius 1 is 1.07 bits per heavy atom. The highest BCUT2D eigenvalue weighted by atomic mass is 32.1. The first kappa shape index (κ1) is 17.7. The average molecular weight is 377 g/mol. The highest BCUT2D eigenvalue weighted by Crippen LogP contribution is 2.40. The molecule has 4 rings (SSSR count). The smallest absolute Gasteiger partial charge is 0.170 e. The lowest BCUT2D eigenvalue weighted by Crippen LogP contribution is -2.36. The topological polar surface area (TPSA) is 33.1 Å². The van der Waals surface area contributed by atoms with Crippen molar-refractivity contribution in [2.75, 3.05) is 0 Å². The monoisotopic (exact) mass is 376 g/mol. The van der Waals surface area contributed by atoms with E-state index in [4.69, 9.17) is 12.2 Å². The fourth-order valence-electron chi connectivity index (χ4n) is 3.89. The zero-order chi connectivity index (χ0) is 19.0. The molecule has 1 fully saturated rings. The number of nitrogens with zero attached hydrogens (tertiary/aromatic N) is 3. The Balaban J connectivity index is 1.84. The van der Waals surface area contributed by atoms with Gasteiger partial charge in [-0.05, 0) is 75.0 Å². The molecule has 1 aliphatic heterocycles. The van der Waals surface area contributed by atoms with Crippen LogP contribution in [0.4, 0.5) is 0 Å². The van der Waals surface area contributed by atoms with Crippen LogP contribution in [-0.2, 0) is 0 Å². The summed E-state index contributed by atoms with van der Waals surface area (Å²) in [6.45, 7) is 6.49. The molecule has 3 aromatic rings. The van der Waals surface area contributed by atoms with E-state index in [0.29, 0.717) is 0 Å². The molecule has 1 saturated heterocycles. The summed E-state index contributed by atoms with van der Waals surface area (Å²) in [6, 6.07) is 19.3. The number of aryl methyl sites for hydroxylation is 1. The second-order valence-electron chi connectivity index (χ2n) is 7.27. The number of hydrogen-bond donors (Lipinski definition) is 1. The van der Waals surface area contributed by atoms with Gasteiger partial charge in [-0.3, -0.25) is 4.98 Å². The molecular weight excluding hydrogens is 352 g/mol. The van der Waals surface area contributed by atoms with Crippen molar-refractivity contribution >= 4 is 17.3 Å². The summed E-state index contributed by atoms with van der Waals surface area (Å²) in [6.07, 6.45) is 3.97. The second kappa shape index (κ2) is 7.16. The highest BCUT2D eigenvalue weighted by molar-refractivity contribution is 7.80. The van der Waals surface area contributed by atoms with Crippen LogP contribution in [0.1, 0.15) is 42.9 Å².